The molecular weight excluding hydrogens is 414 g/mol. The molecule has 168 valence electrons. The number of rotatable bonds is 4. The van der Waals surface area contributed by atoms with Gasteiger partial charge in [-0.3, -0.25) is 9.20 Å². The van der Waals surface area contributed by atoms with Crippen LogP contribution in [0.1, 0.15) is 67.4 Å². The molecule has 7 heteroatoms. The molecule has 1 amide bonds. The zero-order valence-corrected chi connectivity index (χ0v) is 19.0. The van der Waals surface area contributed by atoms with Gasteiger partial charge in [0.15, 0.2) is 0 Å². The van der Waals surface area contributed by atoms with Crippen LogP contribution in [0, 0.1) is 12.3 Å². The number of nitrogens with one attached hydrogen (secondary N) is 1. The van der Waals surface area contributed by atoms with Crippen LogP contribution >= 0.6 is 0 Å². The minimum Gasteiger partial charge on any atom is -0.338 e. The Kier molecular flexibility index (Phi) is 4.44. The van der Waals surface area contributed by atoms with E-state index in [9.17, 15) is 4.79 Å². The molecule has 3 heterocycles. The smallest absolute Gasteiger partial charge is 0.274 e. The van der Waals surface area contributed by atoms with E-state index in [2.05, 4.69) is 22.4 Å². The lowest BCUT2D eigenvalue weighted by atomic mass is 9.54. The first-order valence-electron chi connectivity index (χ1n) is 11.6. The molecule has 0 saturated heterocycles. The lowest BCUT2D eigenvalue weighted by Gasteiger charge is -2.50. The fourth-order valence-electron chi connectivity index (χ4n) is 5.43. The molecule has 3 fully saturated rings. The summed E-state index contributed by atoms with van der Waals surface area (Å²) in [6.45, 7) is 4.37. The van der Waals surface area contributed by atoms with Gasteiger partial charge in [0.2, 0.25) is 11.7 Å². The third-order valence-electron chi connectivity index (χ3n) is 7.89. The van der Waals surface area contributed by atoms with Gasteiger partial charge in [0.05, 0.1) is 6.20 Å². The van der Waals surface area contributed by atoms with E-state index in [0.717, 1.165) is 47.6 Å². The minimum absolute atomic E-state index is 0.0355. The van der Waals surface area contributed by atoms with Gasteiger partial charge in [0, 0.05) is 22.9 Å². The van der Waals surface area contributed by atoms with Crippen LogP contribution < -0.4 is 5.32 Å². The standard InChI is InChI=1S/C26H27N5O2/c1-17-6-7-18(15-19(17)28-23(32)20-16-27-21-5-3-4-14-31(20)21)22-29-24(33-30-22)26-11-8-25(2,9-12-26)10-13-26/h3-7,14-16H,8-13H2,1-2H3,(H,28,32). The zero-order chi connectivity index (χ0) is 22.6. The summed E-state index contributed by atoms with van der Waals surface area (Å²) in [6, 6.07) is 11.5. The predicted octanol–water partition coefficient (Wildman–Crippen LogP) is 5.56. The van der Waals surface area contributed by atoms with E-state index in [1.807, 2.05) is 49.5 Å². The number of benzene rings is 1. The van der Waals surface area contributed by atoms with E-state index in [1.165, 1.54) is 19.3 Å². The predicted molar refractivity (Wildman–Crippen MR) is 125 cm³/mol. The van der Waals surface area contributed by atoms with Gasteiger partial charge in [-0.1, -0.05) is 30.3 Å². The summed E-state index contributed by atoms with van der Waals surface area (Å²) in [5, 5.41) is 7.35. The molecule has 0 unspecified atom stereocenters. The molecule has 7 rings (SSSR count). The number of nitrogens with zero attached hydrogens (tertiary/aromatic N) is 4. The van der Waals surface area contributed by atoms with Crippen LogP contribution in [0.25, 0.3) is 17.0 Å². The van der Waals surface area contributed by atoms with Crippen LogP contribution in [-0.2, 0) is 5.41 Å². The fourth-order valence-corrected chi connectivity index (χ4v) is 5.43. The maximum atomic E-state index is 13.0. The number of carbonyl (C=O) groups is 1. The lowest BCUT2D eigenvalue weighted by Crippen LogP contribution is -2.42. The molecule has 7 nitrogen and oxygen atoms in total. The number of hydrogen-bond donors (Lipinski definition) is 1. The Morgan fingerprint density at radius 2 is 1.88 bits per heavy atom. The molecule has 3 aliphatic rings. The second-order valence-electron chi connectivity index (χ2n) is 10.1. The highest BCUT2D eigenvalue weighted by molar-refractivity contribution is 6.04. The highest BCUT2D eigenvalue weighted by Gasteiger charge is 2.50. The molecule has 1 N–H and O–H groups in total. The molecule has 0 aliphatic heterocycles. The van der Waals surface area contributed by atoms with Gasteiger partial charge in [-0.05, 0) is 74.6 Å². The average molecular weight is 442 g/mol. The fraction of sp³-hybridized carbons (Fsp3) is 0.385. The Hall–Kier alpha value is -3.48. The molecule has 0 atom stereocenters. The Balaban J connectivity index is 1.27. The van der Waals surface area contributed by atoms with Crippen molar-refractivity contribution in [2.75, 3.05) is 5.32 Å². The quantitative estimate of drug-likeness (QED) is 0.448. The first-order valence-corrected chi connectivity index (χ1v) is 11.6. The van der Waals surface area contributed by atoms with E-state index in [1.54, 1.807) is 10.6 Å². The van der Waals surface area contributed by atoms with Crippen molar-refractivity contribution in [3.05, 3.63) is 65.9 Å². The monoisotopic (exact) mass is 441 g/mol. The van der Waals surface area contributed by atoms with Crippen LogP contribution in [0.2, 0.25) is 0 Å². The van der Waals surface area contributed by atoms with E-state index in [4.69, 9.17) is 9.51 Å². The van der Waals surface area contributed by atoms with Crippen molar-refractivity contribution in [1.82, 2.24) is 19.5 Å². The summed E-state index contributed by atoms with van der Waals surface area (Å²) >= 11 is 0. The number of aromatic nitrogens is 4. The van der Waals surface area contributed by atoms with Crippen LogP contribution in [-0.4, -0.2) is 25.4 Å². The third kappa shape index (κ3) is 3.34. The molecule has 1 aromatic carbocycles. The second-order valence-corrected chi connectivity index (χ2v) is 10.1. The zero-order valence-electron chi connectivity index (χ0n) is 19.0. The largest absolute Gasteiger partial charge is 0.338 e. The van der Waals surface area contributed by atoms with Gasteiger partial charge in [0.1, 0.15) is 11.3 Å². The molecule has 3 saturated carbocycles. The summed E-state index contributed by atoms with van der Waals surface area (Å²) in [5.41, 5.74) is 4.26. The molecule has 2 bridgehead atoms. The summed E-state index contributed by atoms with van der Waals surface area (Å²) in [6.07, 6.45) is 10.5. The van der Waals surface area contributed by atoms with Crippen molar-refractivity contribution in [2.24, 2.45) is 5.41 Å². The SMILES string of the molecule is Cc1ccc(-c2noc(C34CCC(C)(CC3)CC4)n2)cc1NC(=O)c1cnc2ccccn12. The number of amides is 1. The minimum atomic E-state index is -0.214. The average Bonchev–Trinajstić information content (AvgIpc) is 3.49. The Bertz CT molecular complexity index is 1340. The second kappa shape index (κ2) is 7.27. The van der Waals surface area contributed by atoms with Crippen molar-refractivity contribution in [2.45, 2.75) is 57.8 Å². The summed E-state index contributed by atoms with van der Waals surface area (Å²) in [7, 11) is 0. The van der Waals surface area contributed by atoms with Gasteiger partial charge in [-0.25, -0.2) is 4.98 Å². The van der Waals surface area contributed by atoms with Crippen LogP contribution in [0.4, 0.5) is 5.69 Å². The number of imidazole rings is 1. The number of pyridine rings is 1. The summed E-state index contributed by atoms with van der Waals surface area (Å²) in [4.78, 5) is 22.1. The number of aryl methyl sites for hydroxylation is 1. The maximum Gasteiger partial charge on any atom is 0.274 e. The maximum absolute atomic E-state index is 13.0. The van der Waals surface area contributed by atoms with Crippen molar-refractivity contribution in [1.29, 1.82) is 0 Å². The van der Waals surface area contributed by atoms with E-state index in [0.29, 0.717) is 16.9 Å². The topological polar surface area (TPSA) is 85.3 Å². The number of fused-ring (bicyclic) bond motifs is 4. The highest BCUT2D eigenvalue weighted by Crippen LogP contribution is 2.57. The summed E-state index contributed by atoms with van der Waals surface area (Å²) < 4.78 is 7.59. The molecule has 0 radical (unpaired) electrons. The van der Waals surface area contributed by atoms with Gasteiger partial charge in [-0.15, -0.1) is 0 Å². The van der Waals surface area contributed by atoms with E-state index >= 15 is 0 Å². The molecule has 0 spiro atoms. The highest BCUT2D eigenvalue weighted by atomic mass is 16.5. The Morgan fingerprint density at radius 3 is 2.67 bits per heavy atom. The molecule has 3 aliphatic carbocycles. The van der Waals surface area contributed by atoms with E-state index in [-0.39, 0.29) is 11.3 Å². The van der Waals surface area contributed by atoms with Crippen molar-refractivity contribution >= 4 is 17.2 Å². The molecule has 3 aromatic heterocycles. The van der Waals surface area contributed by atoms with Gasteiger partial charge in [0.25, 0.3) is 5.91 Å². The van der Waals surface area contributed by atoms with Crippen molar-refractivity contribution in [3.63, 3.8) is 0 Å². The number of hydrogen-bond acceptors (Lipinski definition) is 5. The lowest BCUT2D eigenvalue weighted by molar-refractivity contribution is 0.0364. The van der Waals surface area contributed by atoms with Gasteiger partial charge < -0.3 is 9.84 Å². The van der Waals surface area contributed by atoms with Crippen molar-refractivity contribution < 1.29 is 9.32 Å². The third-order valence-corrected chi connectivity index (χ3v) is 7.89. The first-order chi connectivity index (χ1) is 15.9. The number of anilines is 1. The molecule has 33 heavy (non-hydrogen) atoms. The Morgan fingerprint density at radius 1 is 1.09 bits per heavy atom. The van der Waals surface area contributed by atoms with Crippen LogP contribution in [0.15, 0.2) is 53.3 Å². The summed E-state index contributed by atoms with van der Waals surface area (Å²) in [5.74, 6) is 1.13. The van der Waals surface area contributed by atoms with Crippen LogP contribution in [0.3, 0.4) is 0 Å². The molecule has 4 aromatic rings. The van der Waals surface area contributed by atoms with Crippen molar-refractivity contribution in [3.8, 4) is 11.4 Å². The van der Waals surface area contributed by atoms with Crippen LogP contribution in [0.5, 0.6) is 0 Å². The number of carbonyl (C=O) groups excluding carboxylic acids is 1. The molecular formula is C26H27N5O2. The normalized spacial score (nSPS) is 24.3. The first kappa shape index (κ1) is 20.1. The van der Waals surface area contributed by atoms with E-state index < -0.39 is 0 Å². The Labute approximate surface area is 192 Å². The van der Waals surface area contributed by atoms with Gasteiger partial charge in [-0.2, -0.15) is 4.98 Å². The van der Waals surface area contributed by atoms with Gasteiger partial charge >= 0.3 is 0 Å².